The molecule has 0 unspecified atom stereocenters. The molecule has 0 radical (unpaired) electrons. The van der Waals surface area contributed by atoms with Gasteiger partial charge in [-0.1, -0.05) is 18.2 Å². The van der Waals surface area contributed by atoms with Crippen molar-refractivity contribution in [3.63, 3.8) is 0 Å². The lowest BCUT2D eigenvalue weighted by Gasteiger charge is -2.21. The maximum absolute atomic E-state index is 12.7. The third kappa shape index (κ3) is 4.58. The molecule has 3 rings (SSSR count). The molecule has 6 heteroatoms. The highest BCUT2D eigenvalue weighted by Gasteiger charge is 2.16. The number of methoxy groups -OCH3 is 1. The molecule has 3 aromatic rings. The lowest BCUT2D eigenvalue weighted by Crippen LogP contribution is -2.34. The van der Waals surface area contributed by atoms with Crippen molar-refractivity contribution in [2.24, 2.45) is 0 Å². The Bertz CT molecular complexity index is 781. The minimum Gasteiger partial charge on any atom is -0.467 e. The zero-order valence-corrected chi connectivity index (χ0v) is 14.2. The van der Waals surface area contributed by atoms with E-state index < -0.39 is 0 Å². The monoisotopic (exact) mass is 339 g/mol. The largest absolute Gasteiger partial charge is 0.467 e. The highest BCUT2D eigenvalue weighted by Crippen LogP contribution is 2.11. The third-order valence-corrected chi connectivity index (χ3v) is 3.86. The number of nitrogens with zero attached hydrogens (tertiary/aromatic N) is 3. The van der Waals surface area contributed by atoms with Crippen LogP contribution in [0.2, 0.25) is 0 Å². The Balaban J connectivity index is 1.67. The normalized spacial score (nSPS) is 10.8. The molecule has 1 amide bonds. The third-order valence-electron chi connectivity index (χ3n) is 3.86. The molecule has 0 fully saturated rings. The molecule has 25 heavy (non-hydrogen) atoms. The van der Waals surface area contributed by atoms with Crippen LogP contribution in [0.3, 0.4) is 0 Å². The summed E-state index contributed by atoms with van der Waals surface area (Å²) >= 11 is 0. The van der Waals surface area contributed by atoms with Gasteiger partial charge in [-0.3, -0.25) is 4.79 Å². The van der Waals surface area contributed by atoms with Crippen LogP contribution in [0.15, 0.2) is 65.5 Å². The van der Waals surface area contributed by atoms with Crippen molar-refractivity contribution < 1.29 is 13.9 Å². The second-order valence-corrected chi connectivity index (χ2v) is 5.69. The van der Waals surface area contributed by atoms with E-state index in [9.17, 15) is 4.79 Å². The molecule has 0 spiro atoms. The Morgan fingerprint density at radius 3 is 2.80 bits per heavy atom. The molecular formula is C19H21N3O3. The van der Waals surface area contributed by atoms with Gasteiger partial charge in [0.25, 0.3) is 0 Å². The summed E-state index contributed by atoms with van der Waals surface area (Å²) in [6.07, 6.45) is 5.51. The molecule has 130 valence electrons. The molecule has 0 N–H and O–H groups in total. The van der Waals surface area contributed by atoms with Gasteiger partial charge < -0.3 is 14.1 Å². The Morgan fingerprint density at radius 2 is 2.08 bits per heavy atom. The summed E-state index contributed by atoms with van der Waals surface area (Å²) < 4.78 is 12.2. The average Bonchev–Trinajstić information content (AvgIpc) is 3.31. The van der Waals surface area contributed by atoms with Crippen molar-refractivity contribution in [3.8, 4) is 5.69 Å². The minimum absolute atomic E-state index is 0.0149. The fraction of sp³-hybridized carbons (Fsp3) is 0.263. The van der Waals surface area contributed by atoms with E-state index in [0.717, 1.165) is 17.0 Å². The van der Waals surface area contributed by atoms with Gasteiger partial charge in [0.05, 0.1) is 37.7 Å². The predicted octanol–water partition coefficient (Wildman–Crippen LogP) is 2.68. The Hall–Kier alpha value is -2.86. The van der Waals surface area contributed by atoms with Gasteiger partial charge in [0, 0.05) is 19.9 Å². The Morgan fingerprint density at radius 1 is 1.24 bits per heavy atom. The summed E-state index contributed by atoms with van der Waals surface area (Å²) in [6.45, 7) is 1.43. The molecule has 0 aliphatic carbocycles. The van der Waals surface area contributed by atoms with Crippen LogP contribution >= 0.6 is 0 Å². The number of furan rings is 1. The van der Waals surface area contributed by atoms with E-state index in [1.807, 2.05) is 48.7 Å². The van der Waals surface area contributed by atoms with Crippen molar-refractivity contribution in [2.75, 3.05) is 20.3 Å². The number of aromatic nitrogens is 2. The van der Waals surface area contributed by atoms with E-state index in [4.69, 9.17) is 9.15 Å². The number of benzene rings is 1. The lowest BCUT2D eigenvalue weighted by atomic mass is 10.2. The van der Waals surface area contributed by atoms with Gasteiger partial charge in [0.1, 0.15) is 5.76 Å². The first-order valence-electron chi connectivity index (χ1n) is 8.14. The second kappa shape index (κ2) is 8.30. The Kier molecular flexibility index (Phi) is 5.64. The molecule has 0 saturated heterocycles. The summed E-state index contributed by atoms with van der Waals surface area (Å²) in [4.78, 5) is 14.4. The highest BCUT2D eigenvalue weighted by atomic mass is 16.5. The van der Waals surface area contributed by atoms with Gasteiger partial charge in [-0.05, 0) is 29.8 Å². The fourth-order valence-corrected chi connectivity index (χ4v) is 2.54. The second-order valence-electron chi connectivity index (χ2n) is 5.69. The number of para-hydroxylation sites is 1. The van der Waals surface area contributed by atoms with E-state index in [-0.39, 0.29) is 12.3 Å². The smallest absolute Gasteiger partial charge is 0.227 e. The first-order valence-corrected chi connectivity index (χ1v) is 8.14. The summed E-state index contributed by atoms with van der Waals surface area (Å²) in [5, 5.41) is 4.34. The van der Waals surface area contributed by atoms with Gasteiger partial charge in [0.2, 0.25) is 5.91 Å². The molecule has 6 nitrogen and oxygen atoms in total. The Labute approximate surface area is 146 Å². The molecule has 2 aromatic heterocycles. The maximum Gasteiger partial charge on any atom is 0.227 e. The number of rotatable bonds is 8. The first kappa shape index (κ1) is 17.0. The number of carbonyl (C=O) groups is 1. The molecular weight excluding hydrogens is 318 g/mol. The molecule has 0 saturated carbocycles. The fourth-order valence-electron chi connectivity index (χ4n) is 2.54. The van der Waals surface area contributed by atoms with Crippen LogP contribution in [0.4, 0.5) is 0 Å². The van der Waals surface area contributed by atoms with Crippen LogP contribution in [0, 0.1) is 0 Å². The summed E-state index contributed by atoms with van der Waals surface area (Å²) in [5.74, 6) is 0.769. The number of hydrogen-bond acceptors (Lipinski definition) is 4. The van der Waals surface area contributed by atoms with Gasteiger partial charge >= 0.3 is 0 Å². The summed E-state index contributed by atoms with van der Waals surface area (Å²) in [5.41, 5.74) is 1.84. The number of amides is 1. The number of ether oxygens (including phenoxy) is 1. The van der Waals surface area contributed by atoms with Gasteiger partial charge in [-0.15, -0.1) is 0 Å². The van der Waals surface area contributed by atoms with Crippen LogP contribution in [-0.2, 0) is 22.5 Å². The highest BCUT2D eigenvalue weighted by molar-refractivity contribution is 5.78. The lowest BCUT2D eigenvalue weighted by molar-refractivity contribution is -0.132. The van der Waals surface area contributed by atoms with Crippen molar-refractivity contribution in [3.05, 3.63) is 72.4 Å². The van der Waals surface area contributed by atoms with Crippen LogP contribution in [0.1, 0.15) is 11.3 Å². The molecule has 0 aliphatic rings. The topological polar surface area (TPSA) is 60.5 Å². The standard InChI is InChI=1S/C19H21N3O3/c1-24-11-9-21(15-18-8-5-10-25-18)19(23)12-16-13-20-22(14-16)17-6-3-2-4-7-17/h2-8,10,13-14H,9,11-12,15H2,1H3. The predicted molar refractivity (Wildman–Crippen MR) is 93.3 cm³/mol. The average molecular weight is 339 g/mol. The number of hydrogen-bond donors (Lipinski definition) is 0. The molecule has 0 bridgehead atoms. The van der Waals surface area contributed by atoms with Crippen LogP contribution in [0.5, 0.6) is 0 Å². The first-order chi connectivity index (χ1) is 12.3. The van der Waals surface area contributed by atoms with Crippen molar-refractivity contribution in [2.45, 2.75) is 13.0 Å². The zero-order valence-electron chi connectivity index (χ0n) is 14.2. The molecule has 0 aliphatic heterocycles. The van der Waals surface area contributed by atoms with E-state index in [1.165, 1.54) is 0 Å². The van der Waals surface area contributed by atoms with Crippen LogP contribution in [-0.4, -0.2) is 40.8 Å². The SMILES string of the molecule is COCCN(Cc1ccco1)C(=O)Cc1cnn(-c2ccccc2)c1. The molecule has 0 atom stereocenters. The van der Waals surface area contributed by atoms with Gasteiger partial charge in [-0.25, -0.2) is 4.68 Å². The van der Waals surface area contributed by atoms with E-state index >= 15 is 0 Å². The zero-order chi connectivity index (χ0) is 17.5. The molecule has 2 heterocycles. The maximum atomic E-state index is 12.7. The summed E-state index contributed by atoms with van der Waals surface area (Å²) in [7, 11) is 1.62. The van der Waals surface area contributed by atoms with Crippen molar-refractivity contribution in [1.82, 2.24) is 14.7 Å². The van der Waals surface area contributed by atoms with Crippen molar-refractivity contribution in [1.29, 1.82) is 0 Å². The minimum atomic E-state index is 0.0149. The van der Waals surface area contributed by atoms with E-state index in [0.29, 0.717) is 19.7 Å². The van der Waals surface area contributed by atoms with Gasteiger partial charge in [0.15, 0.2) is 0 Å². The quantitative estimate of drug-likeness (QED) is 0.633. The van der Waals surface area contributed by atoms with Crippen LogP contribution in [0.25, 0.3) is 5.69 Å². The van der Waals surface area contributed by atoms with Crippen molar-refractivity contribution >= 4 is 5.91 Å². The van der Waals surface area contributed by atoms with Crippen LogP contribution < -0.4 is 0 Å². The molecule has 1 aromatic carbocycles. The van der Waals surface area contributed by atoms with Gasteiger partial charge in [-0.2, -0.15) is 5.10 Å². The summed E-state index contributed by atoms with van der Waals surface area (Å²) in [6, 6.07) is 13.5. The number of carbonyl (C=O) groups excluding carboxylic acids is 1. The van der Waals surface area contributed by atoms with E-state index in [2.05, 4.69) is 5.10 Å². The van der Waals surface area contributed by atoms with E-state index in [1.54, 1.807) is 29.2 Å².